The Bertz CT molecular complexity index is 255. The summed E-state index contributed by atoms with van der Waals surface area (Å²) in [5.74, 6) is -0.204. The van der Waals surface area contributed by atoms with Crippen LogP contribution in [-0.4, -0.2) is 37.0 Å². The summed E-state index contributed by atoms with van der Waals surface area (Å²) in [4.78, 5) is 23.2. The Labute approximate surface area is 109 Å². The predicted molar refractivity (Wildman–Crippen MR) is 69.2 cm³/mol. The van der Waals surface area contributed by atoms with E-state index in [0.29, 0.717) is 6.54 Å². The average molecular weight is 264 g/mol. The van der Waals surface area contributed by atoms with Gasteiger partial charge in [-0.25, -0.2) is 0 Å². The minimum Gasteiger partial charge on any atom is -0.355 e. The van der Waals surface area contributed by atoms with Crippen LogP contribution in [0.25, 0.3) is 0 Å². The fraction of sp³-hybridized carbons (Fsp3) is 0.818. The van der Waals surface area contributed by atoms with Gasteiger partial charge in [-0.1, -0.05) is 6.42 Å². The van der Waals surface area contributed by atoms with Crippen LogP contribution in [0.4, 0.5) is 0 Å². The molecule has 0 aliphatic carbocycles. The lowest BCUT2D eigenvalue weighted by molar-refractivity contribution is -0.129. The molecule has 6 heteroatoms. The van der Waals surface area contributed by atoms with Crippen molar-refractivity contribution in [2.45, 2.75) is 45.2 Å². The summed E-state index contributed by atoms with van der Waals surface area (Å²) in [5.41, 5.74) is 0. The number of hydrogen-bond acceptors (Lipinski definition) is 3. The highest BCUT2D eigenvalue weighted by Crippen LogP contribution is 2.06. The molecular weight excluding hydrogens is 242 g/mol. The summed E-state index contributed by atoms with van der Waals surface area (Å²) in [6, 6.07) is -0.596. The molecule has 0 radical (unpaired) electrons. The second-order valence-corrected chi connectivity index (χ2v) is 4.13. The van der Waals surface area contributed by atoms with Crippen molar-refractivity contribution in [2.24, 2.45) is 0 Å². The number of carbonyl (C=O) groups is 2. The van der Waals surface area contributed by atoms with Gasteiger partial charge in [0, 0.05) is 6.54 Å². The summed E-state index contributed by atoms with van der Waals surface area (Å²) < 4.78 is 0. The normalized spacial score (nSPS) is 20.9. The molecule has 0 spiro atoms. The fourth-order valence-corrected chi connectivity index (χ4v) is 1.78. The highest BCUT2D eigenvalue weighted by molar-refractivity contribution is 5.89. The first-order valence-electron chi connectivity index (χ1n) is 5.96. The highest BCUT2D eigenvalue weighted by Gasteiger charge is 2.23. The third kappa shape index (κ3) is 5.37. The van der Waals surface area contributed by atoms with E-state index in [2.05, 4.69) is 16.0 Å². The molecule has 1 fully saturated rings. The van der Waals surface area contributed by atoms with E-state index < -0.39 is 6.04 Å². The topological polar surface area (TPSA) is 70.2 Å². The van der Waals surface area contributed by atoms with Gasteiger partial charge in [0.15, 0.2) is 0 Å². The number of carbonyl (C=O) groups excluding carboxylic acids is 2. The van der Waals surface area contributed by atoms with Crippen molar-refractivity contribution in [1.82, 2.24) is 16.0 Å². The van der Waals surface area contributed by atoms with E-state index in [4.69, 9.17) is 0 Å². The van der Waals surface area contributed by atoms with E-state index in [1.165, 1.54) is 0 Å². The number of halogens is 1. The van der Waals surface area contributed by atoms with Crippen LogP contribution in [-0.2, 0) is 9.59 Å². The second-order valence-electron chi connectivity index (χ2n) is 4.13. The van der Waals surface area contributed by atoms with Gasteiger partial charge in [0.2, 0.25) is 11.8 Å². The third-order valence-electron chi connectivity index (χ3n) is 2.73. The lowest BCUT2D eigenvalue weighted by atomic mass is 10.0. The quantitative estimate of drug-likeness (QED) is 0.678. The van der Waals surface area contributed by atoms with Crippen molar-refractivity contribution < 1.29 is 9.59 Å². The zero-order valence-electron chi connectivity index (χ0n) is 10.4. The van der Waals surface area contributed by atoms with Crippen LogP contribution < -0.4 is 16.0 Å². The average Bonchev–Trinajstić information content (AvgIpc) is 2.30. The van der Waals surface area contributed by atoms with Crippen molar-refractivity contribution in [3.8, 4) is 0 Å². The maximum atomic E-state index is 11.8. The Hall–Kier alpha value is -0.810. The molecule has 2 amide bonds. The maximum absolute atomic E-state index is 11.8. The summed E-state index contributed by atoms with van der Waals surface area (Å²) in [7, 11) is 0. The molecule has 0 bridgehead atoms. The molecule has 1 aliphatic heterocycles. The van der Waals surface area contributed by atoms with Crippen LogP contribution in [0.15, 0.2) is 0 Å². The Balaban J connectivity index is 0.00000256. The van der Waals surface area contributed by atoms with E-state index in [-0.39, 0.29) is 30.3 Å². The van der Waals surface area contributed by atoms with Crippen LogP contribution in [0.1, 0.15) is 33.1 Å². The van der Waals surface area contributed by atoms with E-state index in [1.807, 2.05) is 6.92 Å². The van der Waals surface area contributed by atoms with E-state index in [1.54, 1.807) is 6.92 Å². The van der Waals surface area contributed by atoms with E-state index >= 15 is 0 Å². The molecular formula is C11H22ClN3O2. The molecule has 0 aromatic heterocycles. The first kappa shape index (κ1) is 16.2. The number of likely N-dealkylation sites (N-methyl/N-ethyl adjacent to an activating group) is 1. The van der Waals surface area contributed by atoms with Gasteiger partial charge in [0.1, 0.15) is 6.04 Å². The minimum absolute atomic E-state index is 0. The van der Waals surface area contributed by atoms with E-state index in [0.717, 1.165) is 25.8 Å². The van der Waals surface area contributed by atoms with Gasteiger partial charge in [-0.05, 0) is 33.2 Å². The zero-order valence-corrected chi connectivity index (χ0v) is 11.2. The lowest BCUT2D eigenvalue weighted by Crippen LogP contribution is -2.52. The standard InChI is InChI=1S/C11H21N3O2.ClH/c1-3-12-10(15)8(2)14-11(16)9-6-4-5-7-13-9;/h8-9,13H,3-7H2,1-2H3,(H,12,15)(H,14,16);1H/t8?,9-;/m0./s1. The van der Waals surface area contributed by atoms with Gasteiger partial charge >= 0.3 is 0 Å². The third-order valence-corrected chi connectivity index (χ3v) is 2.73. The summed E-state index contributed by atoms with van der Waals surface area (Å²) in [6.07, 6.45) is 3.05. The molecule has 1 saturated heterocycles. The first-order chi connectivity index (χ1) is 7.65. The Morgan fingerprint density at radius 3 is 2.65 bits per heavy atom. The van der Waals surface area contributed by atoms with Crippen LogP contribution >= 0.6 is 12.4 Å². The predicted octanol–water partition coefficient (Wildman–Crippen LogP) is 0.191. The molecule has 0 aromatic carbocycles. The molecule has 17 heavy (non-hydrogen) atoms. The zero-order chi connectivity index (χ0) is 12.0. The summed E-state index contributed by atoms with van der Waals surface area (Å²) in [5, 5.41) is 8.55. The molecule has 3 N–H and O–H groups in total. The maximum Gasteiger partial charge on any atom is 0.242 e. The SMILES string of the molecule is CCNC(=O)C(C)NC(=O)[C@@H]1CCCCN1.Cl. The number of nitrogens with one attached hydrogen (secondary N) is 3. The number of amides is 2. The largest absolute Gasteiger partial charge is 0.355 e. The van der Waals surface area contributed by atoms with Gasteiger partial charge in [-0.15, -0.1) is 12.4 Å². The van der Waals surface area contributed by atoms with Gasteiger partial charge in [-0.3, -0.25) is 9.59 Å². The molecule has 100 valence electrons. The van der Waals surface area contributed by atoms with Crippen molar-refractivity contribution in [3.05, 3.63) is 0 Å². The highest BCUT2D eigenvalue weighted by atomic mass is 35.5. The van der Waals surface area contributed by atoms with Crippen LogP contribution in [0, 0.1) is 0 Å². The fourth-order valence-electron chi connectivity index (χ4n) is 1.78. The molecule has 1 unspecified atom stereocenters. The van der Waals surface area contributed by atoms with Gasteiger partial charge in [0.25, 0.3) is 0 Å². The minimum atomic E-state index is -0.462. The molecule has 1 heterocycles. The molecule has 0 saturated carbocycles. The van der Waals surface area contributed by atoms with Crippen molar-refractivity contribution in [3.63, 3.8) is 0 Å². The van der Waals surface area contributed by atoms with Gasteiger partial charge < -0.3 is 16.0 Å². The van der Waals surface area contributed by atoms with Crippen LogP contribution in [0.3, 0.4) is 0 Å². The molecule has 1 aliphatic rings. The molecule has 0 aromatic rings. The van der Waals surface area contributed by atoms with E-state index in [9.17, 15) is 9.59 Å². The molecule has 2 atom stereocenters. The van der Waals surface area contributed by atoms with Crippen LogP contribution in [0.2, 0.25) is 0 Å². The smallest absolute Gasteiger partial charge is 0.242 e. The van der Waals surface area contributed by atoms with Crippen molar-refractivity contribution in [2.75, 3.05) is 13.1 Å². The number of hydrogen-bond donors (Lipinski definition) is 3. The number of rotatable bonds is 4. The molecule has 5 nitrogen and oxygen atoms in total. The molecule has 1 rings (SSSR count). The monoisotopic (exact) mass is 263 g/mol. The summed E-state index contributed by atoms with van der Waals surface area (Å²) in [6.45, 7) is 5.02. The van der Waals surface area contributed by atoms with Gasteiger partial charge in [0.05, 0.1) is 6.04 Å². The van der Waals surface area contributed by atoms with Crippen molar-refractivity contribution in [1.29, 1.82) is 0 Å². The first-order valence-corrected chi connectivity index (χ1v) is 5.96. The summed E-state index contributed by atoms with van der Waals surface area (Å²) >= 11 is 0. The Morgan fingerprint density at radius 2 is 2.12 bits per heavy atom. The van der Waals surface area contributed by atoms with Crippen molar-refractivity contribution >= 4 is 24.2 Å². The lowest BCUT2D eigenvalue weighted by Gasteiger charge is -2.24. The Morgan fingerprint density at radius 1 is 1.41 bits per heavy atom. The number of piperidine rings is 1. The Kier molecular flexibility index (Phi) is 7.91. The van der Waals surface area contributed by atoms with Gasteiger partial charge in [-0.2, -0.15) is 0 Å². The van der Waals surface area contributed by atoms with Crippen LogP contribution in [0.5, 0.6) is 0 Å². The second kappa shape index (κ2) is 8.31.